The van der Waals surface area contributed by atoms with Crippen LogP contribution in [0.3, 0.4) is 0 Å². The highest BCUT2D eigenvalue weighted by molar-refractivity contribution is 5.71. The van der Waals surface area contributed by atoms with Crippen molar-refractivity contribution in [2.75, 3.05) is 13.2 Å². The summed E-state index contributed by atoms with van der Waals surface area (Å²) in [6, 6.07) is 0. The molecule has 0 heterocycles. The summed E-state index contributed by atoms with van der Waals surface area (Å²) in [6.45, 7) is 6.45. The van der Waals surface area contributed by atoms with Crippen molar-refractivity contribution in [3.05, 3.63) is 85.1 Å². The van der Waals surface area contributed by atoms with E-state index in [9.17, 15) is 14.4 Å². The average molecular weight is 1000 g/mol. The molecule has 72 heavy (non-hydrogen) atoms. The van der Waals surface area contributed by atoms with Gasteiger partial charge in [0.05, 0.1) is 0 Å². The monoisotopic (exact) mass is 1000 g/mol. The Morgan fingerprint density at radius 2 is 0.569 bits per heavy atom. The second-order valence-corrected chi connectivity index (χ2v) is 20.2. The van der Waals surface area contributed by atoms with Gasteiger partial charge in [0, 0.05) is 19.3 Å². The van der Waals surface area contributed by atoms with Gasteiger partial charge in [0.2, 0.25) is 0 Å². The SMILES string of the molecule is CC/C=C\C/C=C\C/C=C\C/C=C\CCC(=O)OCC(COC(=O)CCCCCCCCCCCCCCCCC/C=C\C/C=C\CCCCCCC)OC(=O)CCCCCCC/C=C\CCCCCCC. The van der Waals surface area contributed by atoms with Gasteiger partial charge in [-0.1, -0.05) is 260 Å². The Balaban J connectivity index is 4.27. The molecule has 0 aromatic rings. The van der Waals surface area contributed by atoms with Crippen molar-refractivity contribution in [3.8, 4) is 0 Å². The molecular weight excluding hydrogens is 889 g/mol. The molecule has 6 nitrogen and oxygen atoms in total. The van der Waals surface area contributed by atoms with Crippen molar-refractivity contribution < 1.29 is 28.6 Å². The molecule has 0 aromatic heterocycles. The van der Waals surface area contributed by atoms with E-state index in [1.165, 1.54) is 167 Å². The average Bonchev–Trinajstić information content (AvgIpc) is 3.38. The van der Waals surface area contributed by atoms with Crippen LogP contribution in [0.1, 0.15) is 297 Å². The molecule has 6 heteroatoms. The topological polar surface area (TPSA) is 78.9 Å². The lowest BCUT2D eigenvalue weighted by molar-refractivity contribution is -0.166. The minimum Gasteiger partial charge on any atom is -0.462 e. The van der Waals surface area contributed by atoms with Gasteiger partial charge in [0.15, 0.2) is 6.10 Å². The maximum atomic E-state index is 12.8. The molecule has 0 amide bonds. The molecule has 0 bridgehead atoms. The number of hydrogen-bond donors (Lipinski definition) is 0. The van der Waals surface area contributed by atoms with Crippen LogP contribution in [-0.4, -0.2) is 37.2 Å². The van der Waals surface area contributed by atoms with Crippen molar-refractivity contribution in [2.24, 2.45) is 0 Å². The third-order valence-corrected chi connectivity index (χ3v) is 13.1. The van der Waals surface area contributed by atoms with Gasteiger partial charge in [-0.25, -0.2) is 0 Å². The van der Waals surface area contributed by atoms with Crippen molar-refractivity contribution in [1.29, 1.82) is 0 Å². The predicted octanol–water partition coefficient (Wildman–Crippen LogP) is 20.7. The molecule has 414 valence electrons. The first kappa shape index (κ1) is 68.6. The number of hydrogen-bond acceptors (Lipinski definition) is 6. The molecule has 0 aliphatic rings. The second-order valence-electron chi connectivity index (χ2n) is 20.2. The van der Waals surface area contributed by atoms with Crippen molar-refractivity contribution in [1.82, 2.24) is 0 Å². The first-order valence-electron chi connectivity index (χ1n) is 30.6. The summed E-state index contributed by atoms with van der Waals surface area (Å²) in [5.41, 5.74) is 0. The van der Waals surface area contributed by atoms with E-state index in [4.69, 9.17) is 14.2 Å². The normalized spacial score (nSPS) is 12.7. The standard InChI is InChI=1S/C66H114O6/c1-4-7-10-13-16-19-22-25-27-28-29-30-31-32-33-34-35-36-37-38-39-42-44-47-50-53-56-59-65(68)71-62-63(61-70-64(67)58-55-52-49-46-43-40-24-21-18-15-12-9-6-3)72-66(69)60-57-54-51-48-45-41-26-23-20-17-14-11-8-5-2/h9,12,18,21-23,25-26,28-29,40,43,49,52,63H,4-8,10-11,13-17,19-20,24,27,30-39,41-42,44-48,50-51,53-62H2,1-3H3/b12-9-,21-18-,25-22-,26-23-,29-28-,43-40-,52-49-. The van der Waals surface area contributed by atoms with Crippen molar-refractivity contribution >= 4 is 17.9 Å². The van der Waals surface area contributed by atoms with Gasteiger partial charge >= 0.3 is 17.9 Å². The molecule has 0 aromatic carbocycles. The minimum atomic E-state index is -0.809. The summed E-state index contributed by atoms with van der Waals surface area (Å²) >= 11 is 0. The molecular formula is C66H114O6. The largest absolute Gasteiger partial charge is 0.462 e. The lowest BCUT2D eigenvalue weighted by Gasteiger charge is -2.18. The van der Waals surface area contributed by atoms with E-state index in [0.29, 0.717) is 19.3 Å². The molecule has 0 aliphatic carbocycles. The number of unbranched alkanes of at least 4 members (excludes halogenated alkanes) is 30. The molecule has 0 saturated carbocycles. The highest BCUT2D eigenvalue weighted by Crippen LogP contribution is 2.16. The number of esters is 3. The van der Waals surface area contributed by atoms with Crippen LogP contribution in [0.5, 0.6) is 0 Å². The summed E-state index contributed by atoms with van der Waals surface area (Å²) < 4.78 is 16.8. The molecule has 0 aliphatic heterocycles. The van der Waals surface area contributed by atoms with E-state index in [1.807, 2.05) is 6.08 Å². The highest BCUT2D eigenvalue weighted by Gasteiger charge is 2.19. The number of rotatable bonds is 55. The Bertz CT molecular complexity index is 1380. The first-order chi connectivity index (χ1) is 35.5. The summed E-state index contributed by atoms with van der Waals surface area (Å²) in [5, 5.41) is 0. The first-order valence-corrected chi connectivity index (χ1v) is 30.6. The zero-order valence-electron chi connectivity index (χ0n) is 47.4. The van der Waals surface area contributed by atoms with Crippen LogP contribution in [0.25, 0.3) is 0 Å². The lowest BCUT2D eigenvalue weighted by Crippen LogP contribution is -2.30. The van der Waals surface area contributed by atoms with Crippen molar-refractivity contribution in [3.63, 3.8) is 0 Å². The van der Waals surface area contributed by atoms with E-state index in [-0.39, 0.29) is 37.5 Å². The van der Waals surface area contributed by atoms with Crippen LogP contribution in [0.4, 0.5) is 0 Å². The number of allylic oxidation sites excluding steroid dienone is 14. The van der Waals surface area contributed by atoms with Gasteiger partial charge in [-0.3, -0.25) is 14.4 Å². The van der Waals surface area contributed by atoms with Gasteiger partial charge in [0.25, 0.3) is 0 Å². The van der Waals surface area contributed by atoms with Gasteiger partial charge in [-0.2, -0.15) is 0 Å². The number of carbonyl (C=O) groups is 3. The van der Waals surface area contributed by atoms with Crippen LogP contribution < -0.4 is 0 Å². The van der Waals surface area contributed by atoms with E-state index in [0.717, 1.165) is 83.5 Å². The maximum Gasteiger partial charge on any atom is 0.306 e. The molecule has 1 unspecified atom stereocenters. The Labute approximate surface area is 445 Å². The Morgan fingerprint density at radius 1 is 0.292 bits per heavy atom. The third-order valence-electron chi connectivity index (χ3n) is 13.1. The van der Waals surface area contributed by atoms with E-state index in [2.05, 4.69) is 99.8 Å². The van der Waals surface area contributed by atoms with Crippen LogP contribution in [0, 0.1) is 0 Å². The zero-order chi connectivity index (χ0) is 52.2. The Kier molecular flexibility index (Phi) is 57.3. The number of carbonyl (C=O) groups excluding carboxylic acids is 3. The quantitative estimate of drug-likeness (QED) is 0.0261. The Hall–Kier alpha value is -3.41. The summed E-state index contributed by atoms with van der Waals surface area (Å²) in [7, 11) is 0. The van der Waals surface area contributed by atoms with Crippen LogP contribution >= 0.6 is 0 Å². The van der Waals surface area contributed by atoms with E-state index in [1.54, 1.807) is 0 Å². The van der Waals surface area contributed by atoms with Crippen LogP contribution in [0.15, 0.2) is 85.1 Å². The molecule has 1 atom stereocenters. The fraction of sp³-hybridized carbons (Fsp3) is 0.742. The summed E-state index contributed by atoms with van der Waals surface area (Å²) in [5.74, 6) is -0.987. The molecule has 0 saturated heterocycles. The Morgan fingerprint density at radius 3 is 0.944 bits per heavy atom. The van der Waals surface area contributed by atoms with E-state index < -0.39 is 6.10 Å². The van der Waals surface area contributed by atoms with E-state index >= 15 is 0 Å². The fourth-order valence-electron chi connectivity index (χ4n) is 8.54. The number of ether oxygens (including phenoxy) is 3. The van der Waals surface area contributed by atoms with Crippen LogP contribution in [-0.2, 0) is 28.6 Å². The van der Waals surface area contributed by atoms with Gasteiger partial charge in [-0.05, 0) is 103 Å². The van der Waals surface area contributed by atoms with Gasteiger partial charge in [0.1, 0.15) is 13.2 Å². The fourth-order valence-corrected chi connectivity index (χ4v) is 8.54. The zero-order valence-corrected chi connectivity index (χ0v) is 47.4. The third kappa shape index (κ3) is 57.5. The highest BCUT2D eigenvalue weighted by atomic mass is 16.6. The van der Waals surface area contributed by atoms with Gasteiger partial charge in [-0.15, -0.1) is 0 Å². The smallest absolute Gasteiger partial charge is 0.306 e. The maximum absolute atomic E-state index is 12.8. The minimum absolute atomic E-state index is 0.101. The second kappa shape index (κ2) is 60.1. The molecule has 0 N–H and O–H groups in total. The lowest BCUT2D eigenvalue weighted by atomic mass is 10.0. The van der Waals surface area contributed by atoms with Gasteiger partial charge < -0.3 is 14.2 Å². The predicted molar refractivity (Wildman–Crippen MR) is 311 cm³/mol. The van der Waals surface area contributed by atoms with Crippen LogP contribution in [0.2, 0.25) is 0 Å². The summed E-state index contributed by atoms with van der Waals surface area (Å²) in [6.07, 6.45) is 79.0. The molecule has 0 radical (unpaired) electrons. The molecule has 0 spiro atoms. The molecule has 0 fully saturated rings. The molecule has 0 rings (SSSR count). The summed E-state index contributed by atoms with van der Waals surface area (Å²) in [4.78, 5) is 38.1. The van der Waals surface area contributed by atoms with Crippen molar-refractivity contribution in [2.45, 2.75) is 303 Å².